The molecule has 7 heteroatoms. The van der Waals surface area contributed by atoms with E-state index in [4.69, 9.17) is 0 Å². The van der Waals surface area contributed by atoms with Gasteiger partial charge in [-0.25, -0.2) is 17.7 Å². The highest BCUT2D eigenvalue weighted by molar-refractivity contribution is 7.92. The van der Waals surface area contributed by atoms with E-state index in [1.807, 2.05) is 0 Å². The van der Waals surface area contributed by atoms with Gasteiger partial charge in [0.1, 0.15) is 5.82 Å². The van der Waals surface area contributed by atoms with Gasteiger partial charge in [0.05, 0.1) is 11.3 Å². The van der Waals surface area contributed by atoms with E-state index in [9.17, 15) is 13.2 Å². The number of fused-ring (bicyclic) bond motifs is 1. The molecule has 2 aliphatic rings. The van der Waals surface area contributed by atoms with E-state index >= 15 is 0 Å². The zero-order valence-corrected chi connectivity index (χ0v) is 13.1. The number of pyridine rings is 1. The molecular formula is C16H15N3O3S. The van der Waals surface area contributed by atoms with Crippen LogP contribution in [0, 0.1) is 0 Å². The molecule has 0 radical (unpaired) electrons. The third-order valence-corrected chi connectivity index (χ3v) is 5.86. The molecule has 1 aliphatic carbocycles. The highest BCUT2D eigenvalue weighted by Crippen LogP contribution is 2.36. The van der Waals surface area contributed by atoms with Gasteiger partial charge in [0.25, 0.3) is 10.0 Å². The molecule has 1 N–H and O–H groups in total. The summed E-state index contributed by atoms with van der Waals surface area (Å²) in [4.78, 5) is 15.8. The zero-order valence-electron chi connectivity index (χ0n) is 12.3. The fraction of sp³-hybridized carbons (Fsp3) is 0.250. The maximum absolute atomic E-state index is 13.1. The normalized spacial score (nSPS) is 16.8. The van der Waals surface area contributed by atoms with E-state index in [0.717, 1.165) is 12.8 Å². The predicted molar refractivity (Wildman–Crippen MR) is 85.7 cm³/mol. The van der Waals surface area contributed by atoms with E-state index in [1.165, 1.54) is 10.4 Å². The maximum Gasteiger partial charge on any atom is 0.265 e. The number of aromatic nitrogens is 1. The van der Waals surface area contributed by atoms with Crippen LogP contribution >= 0.6 is 0 Å². The van der Waals surface area contributed by atoms with Crippen molar-refractivity contribution in [1.29, 1.82) is 0 Å². The summed E-state index contributed by atoms with van der Waals surface area (Å²) >= 11 is 0. The van der Waals surface area contributed by atoms with Crippen LogP contribution in [-0.4, -0.2) is 25.4 Å². The van der Waals surface area contributed by atoms with Crippen LogP contribution in [0.4, 0.5) is 11.5 Å². The number of rotatable bonds is 4. The van der Waals surface area contributed by atoms with Gasteiger partial charge in [-0.3, -0.25) is 4.79 Å². The third kappa shape index (κ3) is 2.46. The molecule has 0 atom stereocenters. The van der Waals surface area contributed by atoms with Crippen LogP contribution in [0.5, 0.6) is 0 Å². The quantitative estimate of drug-likeness (QED) is 0.929. The minimum absolute atomic E-state index is 0.0390. The molecule has 2 heterocycles. The number of sulfonamides is 1. The van der Waals surface area contributed by atoms with Crippen LogP contribution in [0.25, 0.3) is 0 Å². The number of nitrogens with one attached hydrogen (secondary N) is 1. The summed E-state index contributed by atoms with van der Waals surface area (Å²) in [5.74, 6) is 0.322. The minimum Gasteiger partial charge on any atom is -0.326 e. The van der Waals surface area contributed by atoms with Crippen LogP contribution in [-0.2, 0) is 21.2 Å². The molecule has 1 amide bonds. The first-order valence-electron chi connectivity index (χ1n) is 7.44. The Hall–Kier alpha value is -2.41. The fourth-order valence-electron chi connectivity index (χ4n) is 2.78. The SMILES string of the molecule is O=C1Cc2cc(S(=O)(=O)N(c3ccccn3)C3CC3)ccc2N1. The topological polar surface area (TPSA) is 79.4 Å². The standard InChI is InChI=1S/C16H15N3O3S/c20-16-10-11-9-13(6-7-14(11)18-16)23(21,22)19(12-4-5-12)15-3-1-2-8-17-15/h1-3,6-9,12H,4-5,10H2,(H,18,20). The smallest absolute Gasteiger partial charge is 0.265 e. The van der Waals surface area contributed by atoms with Crippen molar-refractivity contribution in [2.75, 3.05) is 9.62 Å². The van der Waals surface area contributed by atoms with E-state index in [2.05, 4.69) is 10.3 Å². The van der Waals surface area contributed by atoms with Gasteiger partial charge in [-0.15, -0.1) is 0 Å². The highest BCUT2D eigenvalue weighted by Gasteiger charge is 2.39. The molecule has 1 aliphatic heterocycles. The van der Waals surface area contributed by atoms with Crippen LogP contribution in [0.3, 0.4) is 0 Å². The first kappa shape index (κ1) is 14.2. The Morgan fingerprint density at radius 2 is 2.00 bits per heavy atom. The molecule has 1 aromatic heterocycles. The molecule has 1 fully saturated rings. The molecule has 118 valence electrons. The van der Waals surface area contributed by atoms with Gasteiger partial charge in [-0.05, 0) is 48.7 Å². The lowest BCUT2D eigenvalue weighted by Crippen LogP contribution is -2.33. The molecule has 4 rings (SSSR count). The Morgan fingerprint density at radius 3 is 2.70 bits per heavy atom. The Bertz CT molecular complexity index is 877. The second kappa shape index (κ2) is 5.06. The van der Waals surface area contributed by atoms with Crippen molar-refractivity contribution in [2.45, 2.75) is 30.2 Å². The lowest BCUT2D eigenvalue weighted by Gasteiger charge is -2.23. The summed E-state index contributed by atoms with van der Waals surface area (Å²) in [7, 11) is -3.70. The number of anilines is 2. The molecular weight excluding hydrogens is 314 g/mol. The van der Waals surface area contributed by atoms with Crippen molar-refractivity contribution in [3.8, 4) is 0 Å². The van der Waals surface area contributed by atoms with Gasteiger partial charge >= 0.3 is 0 Å². The van der Waals surface area contributed by atoms with Gasteiger partial charge < -0.3 is 5.32 Å². The zero-order chi connectivity index (χ0) is 16.0. The van der Waals surface area contributed by atoms with Crippen LogP contribution < -0.4 is 9.62 Å². The lowest BCUT2D eigenvalue weighted by molar-refractivity contribution is -0.115. The number of hydrogen-bond acceptors (Lipinski definition) is 4. The third-order valence-electron chi connectivity index (χ3n) is 4.01. The largest absolute Gasteiger partial charge is 0.326 e. The molecule has 1 saturated carbocycles. The number of hydrogen-bond donors (Lipinski definition) is 1. The molecule has 0 saturated heterocycles. The number of benzene rings is 1. The monoisotopic (exact) mass is 329 g/mol. The van der Waals surface area contributed by atoms with Gasteiger partial charge in [-0.2, -0.15) is 0 Å². The van der Waals surface area contributed by atoms with Crippen LogP contribution in [0.2, 0.25) is 0 Å². The first-order valence-corrected chi connectivity index (χ1v) is 8.88. The summed E-state index contributed by atoms with van der Waals surface area (Å²) in [6.07, 6.45) is 3.47. The summed E-state index contributed by atoms with van der Waals surface area (Å²) in [5.41, 5.74) is 1.40. The van der Waals surface area contributed by atoms with Gasteiger partial charge in [0.2, 0.25) is 5.91 Å². The van der Waals surface area contributed by atoms with Crippen molar-refractivity contribution < 1.29 is 13.2 Å². The molecule has 23 heavy (non-hydrogen) atoms. The Morgan fingerprint density at radius 1 is 1.17 bits per heavy atom. The maximum atomic E-state index is 13.1. The lowest BCUT2D eigenvalue weighted by atomic mass is 10.2. The molecule has 6 nitrogen and oxygen atoms in total. The van der Waals surface area contributed by atoms with E-state index in [1.54, 1.807) is 36.5 Å². The van der Waals surface area contributed by atoms with E-state index in [0.29, 0.717) is 17.1 Å². The Labute approximate surface area is 134 Å². The van der Waals surface area contributed by atoms with Crippen LogP contribution in [0.1, 0.15) is 18.4 Å². The summed E-state index contributed by atoms with van der Waals surface area (Å²) in [5, 5.41) is 2.71. The number of amides is 1. The second-order valence-corrected chi connectivity index (χ2v) is 7.58. The number of nitrogens with zero attached hydrogens (tertiary/aromatic N) is 2. The molecule has 2 aromatic rings. The highest BCUT2D eigenvalue weighted by atomic mass is 32.2. The average Bonchev–Trinajstić information content (AvgIpc) is 3.27. The predicted octanol–water partition coefficient (Wildman–Crippen LogP) is 1.93. The van der Waals surface area contributed by atoms with Gasteiger partial charge in [0, 0.05) is 17.9 Å². The number of carbonyl (C=O) groups is 1. The first-order chi connectivity index (χ1) is 11.1. The average molecular weight is 329 g/mol. The Balaban J connectivity index is 1.77. The van der Waals surface area contributed by atoms with E-state index < -0.39 is 10.0 Å². The molecule has 0 unspecified atom stereocenters. The summed E-state index contributed by atoms with van der Waals surface area (Å²) in [6, 6.07) is 9.97. The van der Waals surface area contributed by atoms with Crippen molar-refractivity contribution >= 4 is 27.4 Å². The van der Waals surface area contributed by atoms with E-state index in [-0.39, 0.29) is 23.3 Å². The Kier molecular flexibility index (Phi) is 3.12. The van der Waals surface area contributed by atoms with Crippen molar-refractivity contribution in [3.63, 3.8) is 0 Å². The second-order valence-electron chi connectivity index (χ2n) is 5.76. The summed E-state index contributed by atoms with van der Waals surface area (Å²) in [6.45, 7) is 0. The van der Waals surface area contributed by atoms with Crippen LogP contribution in [0.15, 0.2) is 47.5 Å². The van der Waals surface area contributed by atoms with Crippen molar-refractivity contribution in [1.82, 2.24) is 4.98 Å². The molecule has 0 spiro atoms. The summed E-state index contributed by atoms with van der Waals surface area (Å²) < 4.78 is 27.6. The number of carbonyl (C=O) groups excluding carboxylic acids is 1. The fourth-order valence-corrected chi connectivity index (χ4v) is 4.50. The minimum atomic E-state index is -3.70. The molecule has 0 bridgehead atoms. The van der Waals surface area contributed by atoms with Gasteiger partial charge in [0.15, 0.2) is 0 Å². The van der Waals surface area contributed by atoms with Crippen molar-refractivity contribution in [3.05, 3.63) is 48.2 Å². The molecule has 1 aromatic carbocycles. The van der Waals surface area contributed by atoms with Crippen molar-refractivity contribution in [2.24, 2.45) is 0 Å². The van der Waals surface area contributed by atoms with Gasteiger partial charge in [-0.1, -0.05) is 6.07 Å².